The van der Waals surface area contributed by atoms with Crippen molar-refractivity contribution in [1.82, 2.24) is 9.78 Å². The minimum absolute atomic E-state index is 0.353. The molecule has 2 rings (SSSR count). The van der Waals surface area contributed by atoms with Crippen LogP contribution in [0.25, 0.3) is 0 Å². The molecule has 0 unspecified atom stereocenters. The summed E-state index contributed by atoms with van der Waals surface area (Å²) in [6.45, 7) is 2.37. The minimum atomic E-state index is 0.353. The first-order valence-electron chi connectivity index (χ1n) is 5.71. The van der Waals surface area contributed by atoms with Gasteiger partial charge in [-0.15, -0.1) is 0 Å². The first-order valence-corrected chi connectivity index (χ1v) is 6.46. The lowest BCUT2D eigenvalue weighted by molar-refractivity contribution is 0.295. The fourth-order valence-corrected chi connectivity index (χ4v) is 2.22. The van der Waals surface area contributed by atoms with Crippen molar-refractivity contribution in [3.8, 4) is 5.75 Å². The van der Waals surface area contributed by atoms with E-state index in [1.807, 2.05) is 32.2 Å². The van der Waals surface area contributed by atoms with Crippen LogP contribution in [0.2, 0.25) is 10.0 Å². The lowest BCUT2D eigenvalue weighted by atomic mass is 10.3. The summed E-state index contributed by atoms with van der Waals surface area (Å²) < 4.78 is 7.41. The van der Waals surface area contributed by atoms with Gasteiger partial charge in [0.2, 0.25) is 0 Å². The maximum atomic E-state index is 6.24. The normalized spacial score (nSPS) is 10.7. The first-order chi connectivity index (χ1) is 8.63. The number of rotatable bonds is 4. The van der Waals surface area contributed by atoms with E-state index in [1.54, 1.807) is 10.7 Å². The smallest absolute Gasteiger partial charge is 0.138 e. The number of para-hydroxylation sites is 1. The van der Waals surface area contributed by atoms with Gasteiger partial charge in [-0.2, -0.15) is 5.10 Å². The molecule has 0 N–H and O–H groups in total. The molecule has 0 aliphatic heterocycles. The quantitative estimate of drug-likeness (QED) is 0.852. The molecule has 0 aliphatic carbocycles. The Hall–Kier alpha value is -1.19. The average Bonchev–Trinajstić information content (AvgIpc) is 2.64. The van der Waals surface area contributed by atoms with Crippen LogP contribution in [0.1, 0.15) is 18.3 Å². The molecule has 0 atom stereocenters. The SMILES string of the molecule is CCc1nn(C)c(COc2ccccc2Cl)c1Cl. The van der Waals surface area contributed by atoms with Crippen LogP contribution < -0.4 is 4.74 Å². The van der Waals surface area contributed by atoms with E-state index in [4.69, 9.17) is 27.9 Å². The third kappa shape index (κ3) is 2.62. The molecular formula is C13H14Cl2N2O. The number of aromatic nitrogens is 2. The lowest BCUT2D eigenvalue weighted by Crippen LogP contribution is -2.03. The van der Waals surface area contributed by atoms with Crippen molar-refractivity contribution in [3.63, 3.8) is 0 Å². The molecule has 0 radical (unpaired) electrons. The van der Waals surface area contributed by atoms with Crippen molar-refractivity contribution in [2.24, 2.45) is 7.05 Å². The third-order valence-electron chi connectivity index (χ3n) is 2.70. The van der Waals surface area contributed by atoms with Crippen LogP contribution in [0.3, 0.4) is 0 Å². The molecule has 1 aromatic carbocycles. The fraction of sp³-hybridized carbons (Fsp3) is 0.308. The van der Waals surface area contributed by atoms with Gasteiger partial charge in [-0.3, -0.25) is 4.68 Å². The molecule has 3 nitrogen and oxygen atoms in total. The Morgan fingerprint density at radius 2 is 2.00 bits per heavy atom. The number of nitrogens with zero attached hydrogens (tertiary/aromatic N) is 2. The van der Waals surface area contributed by atoms with Gasteiger partial charge in [0.05, 0.1) is 21.4 Å². The van der Waals surface area contributed by atoms with Crippen LogP contribution in [0.15, 0.2) is 24.3 Å². The summed E-state index contributed by atoms with van der Waals surface area (Å²) in [6, 6.07) is 7.36. The molecule has 18 heavy (non-hydrogen) atoms. The predicted octanol–water partition coefficient (Wildman–Crippen LogP) is 3.87. The summed E-state index contributed by atoms with van der Waals surface area (Å²) >= 11 is 12.3. The van der Waals surface area contributed by atoms with Crippen LogP contribution >= 0.6 is 23.2 Å². The van der Waals surface area contributed by atoms with E-state index in [0.717, 1.165) is 17.8 Å². The maximum absolute atomic E-state index is 6.24. The Balaban J connectivity index is 2.16. The van der Waals surface area contributed by atoms with E-state index in [0.29, 0.717) is 22.4 Å². The average molecular weight is 285 g/mol. The standard InChI is InChI=1S/C13H14Cl2N2O/c1-3-10-13(15)11(17(2)16-10)8-18-12-7-5-4-6-9(12)14/h4-7H,3,8H2,1-2H3. The van der Waals surface area contributed by atoms with E-state index in [1.165, 1.54) is 0 Å². The monoisotopic (exact) mass is 284 g/mol. The Morgan fingerprint density at radius 3 is 2.61 bits per heavy atom. The van der Waals surface area contributed by atoms with Crippen molar-refractivity contribution >= 4 is 23.2 Å². The van der Waals surface area contributed by atoms with Gasteiger partial charge in [0.25, 0.3) is 0 Å². The number of hydrogen-bond donors (Lipinski definition) is 0. The molecule has 1 heterocycles. The van der Waals surface area contributed by atoms with Gasteiger partial charge in [0.1, 0.15) is 12.4 Å². The Bertz CT molecular complexity index is 552. The zero-order valence-electron chi connectivity index (χ0n) is 10.3. The predicted molar refractivity (Wildman–Crippen MR) is 73.4 cm³/mol. The second kappa shape index (κ2) is 5.63. The first kappa shape index (κ1) is 13.2. The van der Waals surface area contributed by atoms with E-state index in [-0.39, 0.29) is 0 Å². The fourth-order valence-electron chi connectivity index (χ4n) is 1.68. The van der Waals surface area contributed by atoms with E-state index in [2.05, 4.69) is 5.10 Å². The second-order valence-electron chi connectivity index (χ2n) is 3.90. The highest BCUT2D eigenvalue weighted by molar-refractivity contribution is 6.32. The number of hydrogen-bond acceptors (Lipinski definition) is 2. The van der Waals surface area contributed by atoms with E-state index in [9.17, 15) is 0 Å². The van der Waals surface area contributed by atoms with E-state index < -0.39 is 0 Å². The topological polar surface area (TPSA) is 27.1 Å². The molecule has 0 bridgehead atoms. The Morgan fingerprint density at radius 1 is 1.28 bits per heavy atom. The number of benzene rings is 1. The summed E-state index contributed by atoms with van der Waals surface area (Å²) in [4.78, 5) is 0. The van der Waals surface area contributed by atoms with Gasteiger partial charge in [0, 0.05) is 7.05 Å². The van der Waals surface area contributed by atoms with Gasteiger partial charge < -0.3 is 4.74 Å². The van der Waals surface area contributed by atoms with Gasteiger partial charge in [-0.25, -0.2) is 0 Å². The van der Waals surface area contributed by atoms with Crippen LogP contribution in [0.4, 0.5) is 0 Å². The zero-order valence-corrected chi connectivity index (χ0v) is 11.8. The second-order valence-corrected chi connectivity index (χ2v) is 4.69. The largest absolute Gasteiger partial charge is 0.486 e. The Labute approximate surface area is 116 Å². The van der Waals surface area contributed by atoms with Gasteiger partial charge >= 0.3 is 0 Å². The van der Waals surface area contributed by atoms with Gasteiger partial charge in [0.15, 0.2) is 0 Å². The van der Waals surface area contributed by atoms with Crippen molar-refractivity contribution in [2.75, 3.05) is 0 Å². The number of aryl methyl sites for hydroxylation is 2. The highest BCUT2D eigenvalue weighted by Crippen LogP contribution is 2.26. The molecule has 0 spiro atoms. The van der Waals surface area contributed by atoms with Gasteiger partial charge in [-0.1, -0.05) is 42.3 Å². The number of halogens is 2. The van der Waals surface area contributed by atoms with Crippen LogP contribution in [-0.2, 0) is 20.1 Å². The summed E-state index contributed by atoms with van der Waals surface area (Å²) in [5.74, 6) is 0.648. The summed E-state index contributed by atoms with van der Waals surface area (Å²) in [6.07, 6.45) is 0.804. The van der Waals surface area contributed by atoms with Crippen molar-refractivity contribution in [2.45, 2.75) is 20.0 Å². The number of ether oxygens (including phenoxy) is 1. The molecule has 2 aromatic rings. The molecule has 1 aromatic heterocycles. The minimum Gasteiger partial charge on any atom is -0.486 e. The summed E-state index contributed by atoms with van der Waals surface area (Å²) in [5.41, 5.74) is 1.74. The third-order valence-corrected chi connectivity index (χ3v) is 3.45. The van der Waals surface area contributed by atoms with Gasteiger partial charge in [-0.05, 0) is 18.6 Å². The lowest BCUT2D eigenvalue weighted by Gasteiger charge is -2.08. The molecule has 96 valence electrons. The molecule has 0 saturated carbocycles. The molecule has 0 amide bonds. The zero-order chi connectivity index (χ0) is 13.1. The van der Waals surface area contributed by atoms with Crippen molar-refractivity contribution in [3.05, 3.63) is 45.7 Å². The molecular weight excluding hydrogens is 271 g/mol. The highest BCUT2D eigenvalue weighted by atomic mass is 35.5. The molecule has 0 aliphatic rings. The Kier molecular flexibility index (Phi) is 4.15. The highest BCUT2D eigenvalue weighted by Gasteiger charge is 2.13. The molecule has 0 saturated heterocycles. The van der Waals surface area contributed by atoms with E-state index >= 15 is 0 Å². The van der Waals surface area contributed by atoms with Crippen LogP contribution in [0, 0.1) is 0 Å². The molecule has 0 fully saturated rings. The van der Waals surface area contributed by atoms with Crippen molar-refractivity contribution in [1.29, 1.82) is 0 Å². The maximum Gasteiger partial charge on any atom is 0.138 e. The van der Waals surface area contributed by atoms with Crippen molar-refractivity contribution < 1.29 is 4.74 Å². The summed E-state index contributed by atoms with van der Waals surface area (Å²) in [5, 5.41) is 5.60. The van der Waals surface area contributed by atoms with Crippen LogP contribution in [0.5, 0.6) is 5.75 Å². The van der Waals surface area contributed by atoms with Crippen LogP contribution in [-0.4, -0.2) is 9.78 Å². The molecule has 5 heteroatoms. The summed E-state index contributed by atoms with van der Waals surface area (Å²) in [7, 11) is 1.86.